The third kappa shape index (κ3) is 1.07. The number of aromatic nitrogens is 1. The van der Waals surface area contributed by atoms with E-state index in [0.29, 0.717) is 0 Å². The van der Waals surface area contributed by atoms with E-state index in [1.165, 1.54) is 21.9 Å². The summed E-state index contributed by atoms with van der Waals surface area (Å²) in [5.41, 5.74) is 4.68. The van der Waals surface area contributed by atoms with Crippen LogP contribution < -0.4 is 5.84 Å². The van der Waals surface area contributed by atoms with Gasteiger partial charge < -0.3 is 5.84 Å². The van der Waals surface area contributed by atoms with E-state index >= 15 is 0 Å². The normalized spacial score (nSPS) is 11.4. The average molecular weight is 210 g/mol. The number of para-hydroxylation sites is 1. The number of fused-ring (bicyclic) bond motifs is 3. The summed E-state index contributed by atoms with van der Waals surface area (Å²) in [4.78, 5) is 0. The third-order valence-electron chi connectivity index (χ3n) is 3.18. The lowest BCUT2D eigenvalue weighted by molar-refractivity contribution is 1.11. The predicted molar refractivity (Wildman–Crippen MR) is 69.1 cm³/mol. The molecule has 16 heavy (non-hydrogen) atoms. The van der Waals surface area contributed by atoms with Crippen molar-refractivity contribution in [3.05, 3.63) is 47.5 Å². The summed E-state index contributed by atoms with van der Waals surface area (Å²) in [5.74, 6) is 6.16. The molecule has 0 fully saturated rings. The number of rotatable bonds is 0. The number of nitrogens with zero attached hydrogens (tertiary/aromatic N) is 1. The molecule has 3 aromatic rings. The van der Waals surface area contributed by atoms with Gasteiger partial charge in [-0.15, -0.1) is 0 Å². The van der Waals surface area contributed by atoms with Gasteiger partial charge in [0.1, 0.15) is 0 Å². The van der Waals surface area contributed by atoms with Gasteiger partial charge >= 0.3 is 0 Å². The molecule has 2 aromatic carbocycles. The second-order valence-electron chi connectivity index (χ2n) is 4.36. The van der Waals surface area contributed by atoms with Crippen molar-refractivity contribution >= 4 is 21.8 Å². The van der Waals surface area contributed by atoms with Crippen molar-refractivity contribution < 1.29 is 0 Å². The summed E-state index contributed by atoms with van der Waals surface area (Å²) >= 11 is 0. The molecule has 0 unspecified atom stereocenters. The maximum Gasteiger partial charge on any atom is 0.0732 e. The molecule has 80 valence electrons. The molecule has 2 heteroatoms. The van der Waals surface area contributed by atoms with Crippen molar-refractivity contribution in [3.8, 4) is 0 Å². The van der Waals surface area contributed by atoms with E-state index in [2.05, 4.69) is 50.2 Å². The van der Waals surface area contributed by atoms with E-state index in [0.717, 1.165) is 11.0 Å². The van der Waals surface area contributed by atoms with Crippen LogP contribution in [0.2, 0.25) is 0 Å². The van der Waals surface area contributed by atoms with E-state index in [-0.39, 0.29) is 0 Å². The summed E-state index contributed by atoms with van der Waals surface area (Å²) in [5, 5.41) is 2.46. The van der Waals surface area contributed by atoms with E-state index < -0.39 is 0 Å². The Morgan fingerprint density at radius 1 is 1.00 bits per heavy atom. The van der Waals surface area contributed by atoms with Gasteiger partial charge in [-0.3, -0.25) is 4.68 Å². The number of nitrogen functional groups attached to an aromatic ring is 1. The van der Waals surface area contributed by atoms with Gasteiger partial charge in [0.25, 0.3) is 0 Å². The van der Waals surface area contributed by atoms with Crippen molar-refractivity contribution in [1.29, 1.82) is 0 Å². The van der Waals surface area contributed by atoms with Gasteiger partial charge in [0.2, 0.25) is 0 Å². The van der Waals surface area contributed by atoms with Crippen LogP contribution in [0.1, 0.15) is 11.1 Å². The fraction of sp³-hybridized carbons (Fsp3) is 0.143. The molecule has 0 bridgehead atoms. The Morgan fingerprint density at radius 3 is 2.62 bits per heavy atom. The van der Waals surface area contributed by atoms with Crippen molar-refractivity contribution in [2.75, 3.05) is 5.84 Å². The lowest BCUT2D eigenvalue weighted by Gasteiger charge is -2.01. The molecule has 3 rings (SSSR count). The fourth-order valence-corrected chi connectivity index (χ4v) is 2.39. The fourth-order valence-electron chi connectivity index (χ4n) is 2.39. The monoisotopic (exact) mass is 210 g/mol. The molecular formula is C14H14N2. The zero-order chi connectivity index (χ0) is 11.3. The largest absolute Gasteiger partial charge is 0.339 e. The van der Waals surface area contributed by atoms with Crippen molar-refractivity contribution in [3.63, 3.8) is 0 Å². The number of nitrogens with two attached hydrogens (primary N) is 1. The van der Waals surface area contributed by atoms with Crippen molar-refractivity contribution in [1.82, 2.24) is 4.68 Å². The number of aryl methyl sites for hydroxylation is 2. The molecule has 0 saturated carbocycles. The molecule has 0 atom stereocenters. The molecule has 0 radical (unpaired) electrons. The summed E-state index contributed by atoms with van der Waals surface area (Å²) in [6, 6.07) is 12.7. The lowest BCUT2D eigenvalue weighted by atomic mass is 10.1. The van der Waals surface area contributed by atoms with Crippen LogP contribution in [0.4, 0.5) is 0 Å². The van der Waals surface area contributed by atoms with Crippen LogP contribution in [0.15, 0.2) is 36.4 Å². The topological polar surface area (TPSA) is 30.9 Å². The molecule has 2 N–H and O–H groups in total. The van der Waals surface area contributed by atoms with E-state index in [1.54, 1.807) is 4.68 Å². The van der Waals surface area contributed by atoms with E-state index in [1.807, 2.05) is 0 Å². The number of benzene rings is 2. The van der Waals surface area contributed by atoms with Gasteiger partial charge in [-0.2, -0.15) is 0 Å². The highest BCUT2D eigenvalue weighted by Crippen LogP contribution is 2.29. The standard InChI is InChI=1S/C14H14N2/c1-9-6-7-11-12-5-3-4-10(2)14(12)16(15)13(11)8-9/h3-8H,15H2,1-2H3. The minimum absolute atomic E-state index is 1.10. The molecule has 0 aliphatic rings. The smallest absolute Gasteiger partial charge is 0.0732 e. The Morgan fingerprint density at radius 2 is 1.81 bits per heavy atom. The van der Waals surface area contributed by atoms with Crippen molar-refractivity contribution in [2.45, 2.75) is 13.8 Å². The maximum atomic E-state index is 6.16. The van der Waals surface area contributed by atoms with Crippen LogP contribution in [-0.4, -0.2) is 4.68 Å². The molecule has 1 heterocycles. The van der Waals surface area contributed by atoms with Crippen LogP contribution in [-0.2, 0) is 0 Å². The second-order valence-corrected chi connectivity index (χ2v) is 4.36. The zero-order valence-corrected chi connectivity index (χ0v) is 9.49. The Labute approximate surface area is 94.3 Å². The van der Waals surface area contributed by atoms with Gasteiger partial charge in [-0.1, -0.05) is 30.3 Å². The van der Waals surface area contributed by atoms with Crippen LogP contribution in [0.5, 0.6) is 0 Å². The van der Waals surface area contributed by atoms with Gasteiger partial charge in [-0.05, 0) is 31.0 Å². The minimum Gasteiger partial charge on any atom is -0.339 e. The Hall–Kier alpha value is -1.96. The predicted octanol–water partition coefficient (Wildman–Crippen LogP) is 3.13. The molecule has 0 aliphatic carbocycles. The van der Waals surface area contributed by atoms with Gasteiger partial charge in [0.05, 0.1) is 11.0 Å². The Balaban J connectivity index is 2.64. The average Bonchev–Trinajstić information content (AvgIpc) is 2.54. The highest BCUT2D eigenvalue weighted by atomic mass is 15.3. The molecule has 1 aromatic heterocycles. The molecule has 0 saturated heterocycles. The first-order chi connectivity index (χ1) is 7.68. The van der Waals surface area contributed by atoms with Gasteiger partial charge in [0.15, 0.2) is 0 Å². The van der Waals surface area contributed by atoms with Crippen LogP contribution in [0, 0.1) is 13.8 Å². The molecule has 0 amide bonds. The first-order valence-corrected chi connectivity index (χ1v) is 5.44. The van der Waals surface area contributed by atoms with E-state index in [4.69, 9.17) is 5.84 Å². The summed E-state index contributed by atoms with van der Waals surface area (Å²) in [7, 11) is 0. The van der Waals surface area contributed by atoms with Crippen molar-refractivity contribution in [2.24, 2.45) is 0 Å². The lowest BCUT2D eigenvalue weighted by Crippen LogP contribution is -2.07. The first-order valence-electron chi connectivity index (χ1n) is 5.44. The molecule has 0 aliphatic heterocycles. The first kappa shape index (κ1) is 9.28. The zero-order valence-electron chi connectivity index (χ0n) is 9.49. The summed E-state index contributed by atoms with van der Waals surface area (Å²) < 4.78 is 1.80. The SMILES string of the molecule is Cc1ccc2c3cccc(C)c3n(N)c2c1. The summed E-state index contributed by atoms with van der Waals surface area (Å²) in [6.07, 6.45) is 0. The minimum atomic E-state index is 1.10. The highest BCUT2D eigenvalue weighted by Gasteiger charge is 2.09. The van der Waals surface area contributed by atoms with Crippen LogP contribution in [0.3, 0.4) is 0 Å². The highest BCUT2D eigenvalue weighted by molar-refractivity contribution is 6.09. The second kappa shape index (κ2) is 3.01. The van der Waals surface area contributed by atoms with Crippen LogP contribution in [0.25, 0.3) is 21.8 Å². The number of hydrogen-bond donors (Lipinski definition) is 1. The van der Waals surface area contributed by atoms with Gasteiger partial charge in [0, 0.05) is 10.8 Å². The van der Waals surface area contributed by atoms with E-state index in [9.17, 15) is 0 Å². The Bertz CT molecular complexity index is 693. The van der Waals surface area contributed by atoms with Crippen LogP contribution >= 0.6 is 0 Å². The molecule has 0 spiro atoms. The third-order valence-corrected chi connectivity index (χ3v) is 3.18. The molecule has 2 nitrogen and oxygen atoms in total. The maximum absolute atomic E-state index is 6.16. The number of hydrogen-bond acceptors (Lipinski definition) is 1. The quantitative estimate of drug-likeness (QED) is 0.568. The Kier molecular flexibility index (Phi) is 1.75. The van der Waals surface area contributed by atoms with Gasteiger partial charge in [-0.25, -0.2) is 0 Å². The summed E-state index contributed by atoms with van der Waals surface area (Å²) in [6.45, 7) is 4.18. The molecular weight excluding hydrogens is 196 g/mol.